The standard InChI is InChI=1S/C18H25N3/c1-4-6-17(5-2)21-10-9-15-11-14(7-8-18(15)21)16-12-19-20(3)13-16/h7-8,11-13,17H,4-6,9-10H2,1-3H3. The molecular weight excluding hydrogens is 258 g/mol. The predicted octanol–water partition coefficient (Wildman–Crippen LogP) is 4.03. The van der Waals surface area contributed by atoms with Crippen LogP contribution in [0, 0.1) is 0 Å². The fraction of sp³-hybridized carbons (Fsp3) is 0.500. The fourth-order valence-electron chi connectivity index (χ4n) is 3.47. The molecule has 3 heteroatoms. The molecule has 1 aliphatic rings. The zero-order valence-corrected chi connectivity index (χ0v) is 13.3. The van der Waals surface area contributed by atoms with Crippen LogP contribution in [0.25, 0.3) is 11.1 Å². The number of anilines is 1. The second-order valence-electron chi connectivity index (χ2n) is 6.04. The quantitative estimate of drug-likeness (QED) is 0.826. The molecule has 0 saturated carbocycles. The average molecular weight is 283 g/mol. The molecule has 1 unspecified atom stereocenters. The SMILES string of the molecule is CCCC(CC)N1CCc2cc(-c3cnn(C)c3)ccc21. The first kappa shape index (κ1) is 14.2. The van der Waals surface area contributed by atoms with Crippen LogP contribution in [0.15, 0.2) is 30.6 Å². The Morgan fingerprint density at radius 3 is 2.76 bits per heavy atom. The number of aryl methyl sites for hydroxylation is 1. The Morgan fingerprint density at radius 2 is 2.10 bits per heavy atom. The summed E-state index contributed by atoms with van der Waals surface area (Å²) in [6.07, 6.45) is 8.99. The van der Waals surface area contributed by atoms with Crippen molar-refractivity contribution in [1.29, 1.82) is 0 Å². The first-order chi connectivity index (χ1) is 10.2. The van der Waals surface area contributed by atoms with Gasteiger partial charge in [-0.3, -0.25) is 4.68 Å². The Morgan fingerprint density at radius 1 is 1.24 bits per heavy atom. The molecule has 2 heterocycles. The summed E-state index contributed by atoms with van der Waals surface area (Å²) in [5, 5.41) is 4.27. The number of hydrogen-bond acceptors (Lipinski definition) is 2. The minimum Gasteiger partial charge on any atom is -0.368 e. The maximum atomic E-state index is 4.27. The first-order valence-corrected chi connectivity index (χ1v) is 8.11. The van der Waals surface area contributed by atoms with Crippen molar-refractivity contribution in [2.45, 2.75) is 45.6 Å². The van der Waals surface area contributed by atoms with Crippen molar-refractivity contribution in [3.8, 4) is 11.1 Å². The molecule has 3 nitrogen and oxygen atoms in total. The minimum atomic E-state index is 0.695. The molecule has 0 spiro atoms. The van der Waals surface area contributed by atoms with Gasteiger partial charge in [0.25, 0.3) is 0 Å². The molecule has 2 aromatic rings. The van der Waals surface area contributed by atoms with Gasteiger partial charge in [-0.1, -0.05) is 26.3 Å². The molecule has 21 heavy (non-hydrogen) atoms. The second kappa shape index (κ2) is 5.92. The van der Waals surface area contributed by atoms with Gasteiger partial charge in [-0.15, -0.1) is 0 Å². The largest absolute Gasteiger partial charge is 0.368 e. The van der Waals surface area contributed by atoms with Gasteiger partial charge < -0.3 is 4.90 Å². The Bertz CT molecular complexity index is 615. The van der Waals surface area contributed by atoms with Crippen LogP contribution in [0.4, 0.5) is 5.69 Å². The van der Waals surface area contributed by atoms with E-state index in [9.17, 15) is 0 Å². The highest BCUT2D eigenvalue weighted by Crippen LogP contribution is 2.34. The smallest absolute Gasteiger partial charge is 0.0568 e. The number of aromatic nitrogens is 2. The third-order valence-electron chi connectivity index (χ3n) is 4.58. The number of nitrogens with zero attached hydrogens (tertiary/aromatic N) is 3. The molecule has 1 aliphatic heterocycles. The molecule has 3 rings (SSSR count). The monoisotopic (exact) mass is 283 g/mol. The molecular formula is C18H25N3. The Hall–Kier alpha value is -1.77. The molecule has 0 amide bonds. The van der Waals surface area contributed by atoms with E-state index >= 15 is 0 Å². The maximum absolute atomic E-state index is 4.27. The number of rotatable bonds is 5. The lowest BCUT2D eigenvalue weighted by molar-refractivity contribution is 0.540. The van der Waals surface area contributed by atoms with Crippen molar-refractivity contribution in [2.75, 3.05) is 11.4 Å². The van der Waals surface area contributed by atoms with Crippen LogP contribution in [0.1, 0.15) is 38.7 Å². The minimum absolute atomic E-state index is 0.695. The number of benzene rings is 1. The van der Waals surface area contributed by atoms with E-state index in [2.05, 4.69) is 48.2 Å². The lowest BCUT2D eigenvalue weighted by atomic mass is 10.0. The van der Waals surface area contributed by atoms with E-state index in [0.717, 1.165) is 0 Å². The van der Waals surface area contributed by atoms with Crippen LogP contribution in [0.3, 0.4) is 0 Å². The van der Waals surface area contributed by atoms with Crippen molar-refractivity contribution in [3.63, 3.8) is 0 Å². The Balaban J connectivity index is 1.88. The lowest BCUT2D eigenvalue weighted by Crippen LogP contribution is -2.33. The highest BCUT2D eigenvalue weighted by molar-refractivity contribution is 5.70. The van der Waals surface area contributed by atoms with E-state index in [0.29, 0.717) is 6.04 Å². The molecule has 1 aromatic heterocycles. The Labute approximate surface area is 127 Å². The third kappa shape index (κ3) is 2.69. The van der Waals surface area contributed by atoms with E-state index in [1.54, 1.807) is 0 Å². The van der Waals surface area contributed by atoms with E-state index < -0.39 is 0 Å². The molecule has 0 aliphatic carbocycles. The normalized spacial score (nSPS) is 15.3. The van der Waals surface area contributed by atoms with Gasteiger partial charge in [0, 0.05) is 37.1 Å². The van der Waals surface area contributed by atoms with Gasteiger partial charge in [0.15, 0.2) is 0 Å². The zero-order valence-electron chi connectivity index (χ0n) is 13.3. The average Bonchev–Trinajstić information content (AvgIpc) is 3.10. The van der Waals surface area contributed by atoms with Gasteiger partial charge in [-0.05, 0) is 42.5 Å². The van der Waals surface area contributed by atoms with Crippen molar-refractivity contribution < 1.29 is 0 Å². The van der Waals surface area contributed by atoms with Crippen LogP contribution in [0.5, 0.6) is 0 Å². The van der Waals surface area contributed by atoms with Crippen molar-refractivity contribution >= 4 is 5.69 Å². The van der Waals surface area contributed by atoms with E-state index in [1.807, 2.05) is 17.9 Å². The highest BCUT2D eigenvalue weighted by atomic mass is 15.2. The molecule has 1 atom stereocenters. The molecule has 0 radical (unpaired) electrons. The van der Waals surface area contributed by atoms with Gasteiger partial charge in [0.2, 0.25) is 0 Å². The van der Waals surface area contributed by atoms with E-state index in [1.165, 1.54) is 54.6 Å². The summed E-state index contributed by atoms with van der Waals surface area (Å²) >= 11 is 0. The summed E-state index contributed by atoms with van der Waals surface area (Å²) in [6.45, 7) is 5.76. The summed E-state index contributed by atoms with van der Waals surface area (Å²) in [5.41, 5.74) is 5.43. The van der Waals surface area contributed by atoms with E-state index in [-0.39, 0.29) is 0 Å². The van der Waals surface area contributed by atoms with Crippen molar-refractivity contribution in [3.05, 3.63) is 36.2 Å². The summed E-state index contributed by atoms with van der Waals surface area (Å²) in [7, 11) is 1.97. The lowest BCUT2D eigenvalue weighted by Gasteiger charge is -2.29. The van der Waals surface area contributed by atoms with Crippen LogP contribution in [-0.2, 0) is 13.5 Å². The molecule has 0 bridgehead atoms. The van der Waals surface area contributed by atoms with Crippen LogP contribution >= 0.6 is 0 Å². The van der Waals surface area contributed by atoms with Gasteiger partial charge in [0.1, 0.15) is 0 Å². The van der Waals surface area contributed by atoms with Crippen LogP contribution < -0.4 is 4.90 Å². The highest BCUT2D eigenvalue weighted by Gasteiger charge is 2.24. The summed E-state index contributed by atoms with van der Waals surface area (Å²) in [4.78, 5) is 2.62. The first-order valence-electron chi connectivity index (χ1n) is 8.11. The van der Waals surface area contributed by atoms with E-state index in [4.69, 9.17) is 0 Å². The Kier molecular flexibility index (Phi) is 4.00. The predicted molar refractivity (Wildman–Crippen MR) is 88.7 cm³/mol. The van der Waals surface area contributed by atoms with Crippen LogP contribution in [-0.4, -0.2) is 22.4 Å². The fourth-order valence-corrected chi connectivity index (χ4v) is 3.47. The third-order valence-corrected chi connectivity index (χ3v) is 4.58. The number of hydrogen-bond donors (Lipinski definition) is 0. The summed E-state index contributed by atoms with van der Waals surface area (Å²) in [5.74, 6) is 0. The van der Waals surface area contributed by atoms with Crippen molar-refractivity contribution in [1.82, 2.24) is 9.78 Å². The van der Waals surface area contributed by atoms with Gasteiger partial charge in [-0.2, -0.15) is 5.10 Å². The molecule has 1 aromatic carbocycles. The molecule has 112 valence electrons. The topological polar surface area (TPSA) is 21.1 Å². The van der Waals surface area contributed by atoms with Gasteiger partial charge >= 0.3 is 0 Å². The molecule has 0 N–H and O–H groups in total. The molecule has 0 fully saturated rings. The maximum Gasteiger partial charge on any atom is 0.0568 e. The summed E-state index contributed by atoms with van der Waals surface area (Å²) in [6, 6.07) is 7.60. The van der Waals surface area contributed by atoms with Gasteiger partial charge in [0.05, 0.1) is 6.20 Å². The molecule has 0 saturated heterocycles. The zero-order chi connectivity index (χ0) is 14.8. The summed E-state index contributed by atoms with van der Waals surface area (Å²) < 4.78 is 1.86. The van der Waals surface area contributed by atoms with Gasteiger partial charge in [-0.25, -0.2) is 0 Å². The van der Waals surface area contributed by atoms with Crippen molar-refractivity contribution in [2.24, 2.45) is 7.05 Å². The van der Waals surface area contributed by atoms with Crippen LogP contribution in [0.2, 0.25) is 0 Å². The second-order valence-corrected chi connectivity index (χ2v) is 6.04. The number of fused-ring (bicyclic) bond motifs is 1.